The van der Waals surface area contributed by atoms with Crippen molar-refractivity contribution >= 4 is 17.2 Å². The zero-order valence-electron chi connectivity index (χ0n) is 14.4. The van der Waals surface area contributed by atoms with Crippen molar-refractivity contribution in [2.45, 2.75) is 32.9 Å². The molecule has 1 aliphatic heterocycles. The molecule has 6 heteroatoms. The van der Waals surface area contributed by atoms with E-state index < -0.39 is 0 Å². The first-order valence-electron chi connectivity index (χ1n) is 8.41. The molecule has 1 amide bonds. The summed E-state index contributed by atoms with van der Waals surface area (Å²) in [5.41, 5.74) is 0. The topological polar surface area (TPSA) is 55.8 Å². The highest BCUT2D eigenvalue weighted by Gasteiger charge is 2.23. The highest BCUT2D eigenvalue weighted by molar-refractivity contribution is 7.10. The fraction of sp³-hybridized carbons (Fsp3) is 0.706. The van der Waals surface area contributed by atoms with Crippen molar-refractivity contribution in [3.05, 3.63) is 22.4 Å². The maximum atomic E-state index is 12.4. The van der Waals surface area contributed by atoms with Crippen LogP contribution in [0.2, 0.25) is 0 Å². The number of nitrogens with one attached hydrogen (secondary N) is 1. The number of hydrogen-bond acceptors (Lipinski definition) is 5. The van der Waals surface area contributed by atoms with E-state index in [9.17, 15) is 9.90 Å². The van der Waals surface area contributed by atoms with E-state index in [1.54, 1.807) is 11.3 Å². The maximum absolute atomic E-state index is 12.4. The number of carbonyl (C=O) groups excluding carboxylic acids is 1. The second-order valence-corrected chi connectivity index (χ2v) is 7.71. The van der Waals surface area contributed by atoms with Gasteiger partial charge in [0.05, 0.1) is 18.7 Å². The predicted molar refractivity (Wildman–Crippen MR) is 94.6 cm³/mol. The summed E-state index contributed by atoms with van der Waals surface area (Å²) in [6.07, 6.45) is -0.289. The highest BCUT2D eigenvalue weighted by atomic mass is 32.1. The summed E-state index contributed by atoms with van der Waals surface area (Å²) in [7, 11) is 0. The molecule has 5 nitrogen and oxygen atoms in total. The SMILES string of the molecule is CC(O)CN1CCN(CC(=O)NC(c2cccs2)C(C)C)CC1. The molecular formula is C17H29N3O2S. The van der Waals surface area contributed by atoms with Gasteiger partial charge in [-0.25, -0.2) is 0 Å². The largest absolute Gasteiger partial charge is 0.392 e. The summed E-state index contributed by atoms with van der Waals surface area (Å²) in [6, 6.07) is 4.21. The summed E-state index contributed by atoms with van der Waals surface area (Å²) >= 11 is 1.69. The van der Waals surface area contributed by atoms with Crippen molar-refractivity contribution in [2.75, 3.05) is 39.3 Å². The van der Waals surface area contributed by atoms with Crippen LogP contribution in [-0.4, -0.2) is 66.2 Å². The van der Waals surface area contributed by atoms with Crippen LogP contribution in [-0.2, 0) is 4.79 Å². The standard InChI is InChI=1S/C17H29N3O2S/c1-13(2)17(15-5-4-10-23-15)18-16(22)12-20-8-6-19(7-9-20)11-14(3)21/h4-5,10,13-14,17,21H,6-9,11-12H2,1-3H3,(H,18,22). The second-order valence-electron chi connectivity index (χ2n) is 6.73. The average molecular weight is 340 g/mol. The molecule has 2 rings (SSSR count). The number of hydrogen-bond donors (Lipinski definition) is 2. The zero-order chi connectivity index (χ0) is 16.8. The van der Waals surface area contributed by atoms with Crippen LogP contribution in [0.4, 0.5) is 0 Å². The Bertz CT molecular complexity index is 468. The number of amides is 1. The Kier molecular flexibility index (Phi) is 7.02. The molecule has 1 saturated heterocycles. The molecule has 1 aromatic heterocycles. The molecule has 0 bridgehead atoms. The number of piperazine rings is 1. The van der Waals surface area contributed by atoms with E-state index in [2.05, 4.69) is 40.4 Å². The van der Waals surface area contributed by atoms with Crippen molar-refractivity contribution in [1.29, 1.82) is 0 Å². The van der Waals surface area contributed by atoms with Crippen molar-refractivity contribution in [3.63, 3.8) is 0 Å². The molecule has 2 atom stereocenters. The van der Waals surface area contributed by atoms with Crippen molar-refractivity contribution in [2.24, 2.45) is 5.92 Å². The van der Waals surface area contributed by atoms with Gasteiger partial charge in [0.1, 0.15) is 0 Å². The average Bonchev–Trinajstić information content (AvgIpc) is 3.00. The Hall–Kier alpha value is -0.950. The third-order valence-electron chi connectivity index (χ3n) is 4.19. The van der Waals surface area contributed by atoms with E-state index in [4.69, 9.17) is 0 Å². The van der Waals surface area contributed by atoms with Crippen LogP contribution in [0.15, 0.2) is 17.5 Å². The maximum Gasteiger partial charge on any atom is 0.234 e. The van der Waals surface area contributed by atoms with Crippen molar-refractivity contribution in [3.8, 4) is 0 Å². The zero-order valence-corrected chi connectivity index (χ0v) is 15.2. The van der Waals surface area contributed by atoms with Gasteiger partial charge in [0.15, 0.2) is 0 Å². The fourth-order valence-corrected chi connectivity index (χ4v) is 3.91. The first-order chi connectivity index (χ1) is 11.0. The van der Waals surface area contributed by atoms with E-state index in [-0.39, 0.29) is 18.1 Å². The Labute approximate surface area is 143 Å². The van der Waals surface area contributed by atoms with Gasteiger partial charge in [0.25, 0.3) is 0 Å². The van der Waals surface area contributed by atoms with Crippen LogP contribution >= 0.6 is 11.3 Å². The molecule has 130 valence electrons. The Morgan fingerprint density at radius 2 is 1.91 bits per heavy atom. The lowest BCUT2D eigenvalue weighted by Crippen LogP contribution is -2.51. The molecule has 2 N–H and O–H groups in total. The normalized spacial score (nSPS) is 19.7. The number of aliphatic hydroxyl groups excluding tert-OH is 1. The predicted octanol–water partition coefficient (Wildman–Crippen LogP) is 1.56. The Morgan fingerprint density at radius 3 is 2.43 bits per heavy atom. The number of β-amino-alcohol motifs (C(OH)–C–C–N with tert-alkyl or cyclic N) is 1. The van der Waals surface area contributed by atoms with Crippen LogP contribution in [0.3, 0.4) is 0 Å². The minimum atomic E-state index is -0.289. The second kappa shape index (κ2) is 8.78. The van der Waals surface area contributed by atoms with Crippen LogP contribution in [0.1, 0.15) is 31.7 Å². The van der Waals surface area contributed by atoms with Gasteiger partial charge in [-0.15, -0.1) is 11.3 Å². The molecule has 0 aliphatic carbocycles. The molecule has 0 saturated carbocycles. The van der Waals surface area contributed by atoms with E-state index in [0.717, 1.165) is 26.2 Å². The number of aliphatic hydroxyl groups is 1. The molecule has 23 heavy (non-hydrogen) atoms. The number of carbonyl (C=O) groups is 1. The quantitative estimate of drug-likeness (QED) is 0.792. The smallest absolute Gasteiger partial charge is 0.234 e. The summed E-state index contributed by atoms with van der Waals surface area (Å²) < 4.78 is 0. The van der Waals surface area contributed by atoms with E-state index in [1.807, 2.05) is 13.0 Å². The van der Waals surface area contributed by atoms with Crippen LogP contribution < -0.4 is 5.32 Å². The van der Waals surface area contributed by atoms with Gasteiger partial charge >= 0.3 is 0 Å². The first-order valence-corrected chi connectivity index (χ1v) is 9.29. The van der Waals surface area contributed by atoms with Gasteiger partial charge in [-0.05, 0) is 24.3 Å². The summed E-state index contributed by atoms with van der Waals surface area (Å²) in [5.74, 6) is 0.474. The molecule has 2 unspecified atom stereocenters. The summed E-state index contributed by atoms with van der Waals surface area (Å²) in [5, 5.41) is 14.7. The van der Waals surface area contributed by atoms with Crippen molar-refractivity contribution < 1.29 is 9.90 Å². The lowest BCUT2D eigenvalue weighted by Gasteiger charge is -2.35. The lowest BCUT2D eigenvalue weighted by atomic mass is 10.0. The summed E-state index contributed by atoms with van der Waals surface area (Å²) in [6.45, 7) is 10.9. The molecule has 1 aromatic rings. The molecule has 0 spiro atoms. The van der Waals surface area contributed by atoms with E-state index in [0.29, 0.717) is 19.0 Å². The third-order valence-corrected chi connectivity index (χ3v) is 5.14. The molecule has 0 aromatic carbocycles. The minimum absolute atomic E-state index is 0.0963. The third kappa shape index (κ3) is 5.88. The lowest BCUT2D eigenvalue weighted by molar-refractivity contribution is -0.123. The Balaban J connectivity index is 1.78. The number of nitrogens with zero attached hydrogens (tertiary/aromatic N) is 2. The Morgan fingerprint density at radius 1 is 1.26 bits per heavy atom. The number of rotatable bonds is 7. The van der Waals surface area contributed by atoms with Gasteiger partial charge in [-0.3, -0.25) is 14.6 Å². The van der Waals surface area contributed by atoms with E-state index >= 15 is 0 Å². The first kappa shape index (κ1) is 18.4. The van der Waals surface area contributed by atoms with Gasteiger partial charge in [-0.2, -0.15) is 0 Å². The fourth-order valence-electron chi connectivity index (χ4n) is 2.96. The van der Waals surface area contributed by atoms with Gasteiger partial charge in [-0.1, -0.05) is 19.9 Å². The molecule has 1 fully saturated rings. The van der Waals surface area contributed by atoms with Gasteiger partial charge < -0.3 is 10.4 Å². The van der Waals surface area contributed by atoms with Crippen LogP contribution in [0.5, 0.6) is 0 Å². The van der Waals surface area contributed by atoms with Gasteiger partial charge in [0.2, 0.25) is 5.91 Å². The number of thiophene rings is 1. The van der Waals surface area contributed by atoms with E-state index in [1.165, 1.54) is 4.88 Å². The minimum Gasteiger partial charge on any atom is -0.392 e. The van der Waals surface area contributed by atoms with Crippen molar-refractivity contribution in [1.82, 2.24) is 15.1 Å². The molecule has 2 heterocycles. The molecular weight excluding hydrogens is 310 g/mol. The summed E-state index contributed by atoms with van der Waals surface area (Å²) in [4.78, 5) is 18.0. The molecule has 1 aliphatic rings. The molecule has 0 radical (unpaired) electrons. The highest BCUT2D eigenvalue weighted by Crippen LogP contribution is 2.25. The monoisotopic (exact) mass is 339 g/mol. The van der Waals surface area contributed by atoms with Crippen LogP contribution in [0.25, 0.3) is 0 Å². The van der Waals surface area contributed by atoms with Gasteiger partial charge in [0, 0.05) is 37.6 Å². The van der Waals surface area contributed by atoms with Crippen LogP contribution in [0, 0.1) is 5.92 Å².